The number of hydrogen-bond donors (Lipinski definition) is 0. The van der Waals surface area contributed by atoms with Gasteiger partial charge in [0.05, 0.1) is 6.61 Å². The summed E-state index contributed by atoms with van der Waals surface area (Å²) < 4.78 is 5.40. The fourth-order valence-corrected chi connectivity index (χ4v) is 2.77. The first-order valence-electron chi connectivity index (χ1n) is 8.45. The van der Waals surface area contributed by atoms with Crippen molar-refractivity contribution < 1.29 is 9.53 Å². The lowest BCUT2D eigenvalue weighted by atomic mass is 9.72. The Kier molecular flexibility index (Phi) is 7.53. The molecule has 2 rings (SSSR count). The van der Waals surface area contributed by atoms with E-state index in [-0.39, 0.29) is 5.97 Å². The predicted molar refractivity (Wildman–Crippen MR) is 96.7 cm³/mol. The van der Waals surface area contributed by atoms with Gasteiger partial charge in [0.1, 0.15) is 5.41 Å². The first-order valence-corrected chi connectivity index (χ1v) is 8.45. The van der Waals surface area contributed by atoms with E-state index in [1.54, 1.807) is 0 Å². The van der Waals surface area contributed by atoms with Gasteiger partial charge >= 0.3 is 5.97 Å². The van der Waals surface area contributed by atoms with Gasteiger partial charge in [0.25, 0.3) is 0 Å². The van der Waals surface area contributed by atoms with Gasteiger partial charge in [-0.3, -0.25) is 4.79 Å². The molecule has 0 fully saturated rings. The van der Waals surface area contributed by atoms with E-state index in [0.29, 0.717) is 13.0 Å². The van der Waals surface area contributed by atoms with Crippen molar-refractivity contribution in [3.8, 4) is 0 Å². The number of carbonyl (C=O) groups excluding carboxylic acids is 1. The van der Waals surface area contributed by atoms with Crippen LogP contribution in [0.15, 0.2) is 54.6 Å². The van der Waals surface area contributed by atoms with Gasteiger partial charge in [0.2, 0.25) is 0 Å². The molecule has 0 N–H and O–H groups in total. The lowest BCUT2D eigenvalue weighted by Gasteiger charge is -2.31. The number of ether oxygens (including phenoxy) is 1. The van der Waals surface area contributed by atoms with Gasteiger partial charge in [-0.25, -0.2) is 0 Å². The maximum atomic E-state index is 12.8. The van der Waals surface area contributed by atoms with Crippen LogP contribution in [-0.2, 0) is 14.9 Å². The van der Waals surface area contributed by atoms with E-state index >= 15 is 0 Å². The second-order valence-electron chi connectivity index (χ2n) is 5.21. The van der Waals surface area contributed by atoms with Gasteiger partial charge < -0.3 is 4.74 Å². The molecule has 0 aromatic heterocycles. The van der Waals surface area contributed by atoms with Crippen molar-refractivity contribution in [3.05, 3.63) is 71.3 Å². The van der Waals surface area contributed by atoms with E-state index in [1.165, 1.54) is 5.56 Å². The first-order chi connectivity index (χ1) is 11.1. The minimum atomic E-state index is -0.731. The fraction of sp³-hybridized carbons (Fsp3) is 0.381. The summed E-state index contributed by atoms with van der Waals surface area (Å²) in [4.78, 5) is 12.8. The lowest BCUT2D eigenvalue weighted by Crippen LogP contribution is -2.38. The van der Waals surface area contributed by atoms with Crippen LogP contribution in [0.2, 0.25) is 0 Å². The topological polar surface area (TPSA) is 26.3 Å². The zero-order valence-electron chi connectivity index (χ0n) is 14.9. The number of benzene rings is 2. The highest BCUT2D eigenvalue weighted by Crippen LogP contribution is 2.37. The van der Waals surface area contributed by atoms with Crippen LogP contribution in [0.25, 0.3) is 0 Å². The molecule has 124 valence electrons. The first kappa shape index (κ1) is 19.0. The molecule has 2 aromatic rings. The van der Waals surface area contributed by atoms with Crippen molar-refractivity contribution in [3.63, 3.8) is 0 Å². The van der Waals surface area contributed by atoms with Crippen molar-refractivity contribution in [2.24, 2.45) is 0 Å². The zero-order chi connectivity index (χ0) is 17.3. The molecule has 0 amide bonds. The lowest BCUT2D eigenvalue weighted by molar-refractivity contribution is -0.148. The van der Waals surface area contributed by atoms with E-state index in [0.717, 1.165) is 11.1 Å². The fourth-order valence-electron chi connectivity index (χ4n) is 2.77. The maximum absolute atomic E-state index is 12.8. The Hall–Kier alpha value is -2.09. The van der Waals surface area contributed by atoms with Crippen molar-refractivity contribution in [2.45, 2.75) is 46.5 Å². The van der Waals surface area contributed by atoms with Gasteiger partial charge in [-0.1, -0.05) is 80.9 Å². The highest BCUT2D eigenvalue weighted by atomic mass is 16.5. The molecule has 2 aromatic carbocycles. The maximum Gasteiger partial charge on any atom is 0.321 e. The summed E-state index contributed by atoms with van der Waals surface area (Å²) in [5.74, 6) is -0.178. The smallest absolute Gasteiger partial charge is 0.321 e. The summed E-state index contributed by atoms with van der Waals surface area (Å²) in [5, 5.41) is 0. The van der Waals surface area contributed by atoms with Crippen LogP contribution in [0.4, 0.5) is 0 Å². The number of aryl methyl sites for hydroxylation is 1. The number of esters is 1. The van der Waals surface area contributed by atoms with E-state index in [9.17, 15) is 4.79 Å². The van der Waals surface area contributed by atoms with Crippen LogP contribution >= 0.6 is 0 Å². The third kappa shape index (κ3) is 4.01. The van der Waals surface area contributed by atoms with Crippen LogP contribution in [0.5, 0.6) is 0 Å². The monoisotopic (exact) mass is 312 g/mol. The third-order valence-electron chi connectivity index (χ3n) is 3.97. The average Bonchev–Trinajstić information content (AvgIpc) is 2.60. The molecule has 0 spiro atoms. The van der Waals surface area contributed by atoms with Crippen LogP contribution < -0.4 is 0 Å². The molecule has 2 nitrogen and oxygen atoms in total. The minimum absolute atomic E-state index is 0.178. The molecule has 0 radical (unpaired) electrons. The zero-order valence-corrected chi connectivity index (χ0v) is 14.9. The van der Waals surface area contributed by atoms with Crippen molar-refractivity contribution >= 4 is 5.97 Å². The molecule has 1 unspecified atom stereocenters. The molecule has 0 saturated heterocycles. The Bertz CT molecular complexity index is 587. The summed E-state index contributed by atoms with van der Waals surface area (Å²) in [6, 6.07) is 18.0. The Morgan fingerprint density at radius 2 is 1.43 bits per heavy atom. The summed E-state index contributed by atoms with van der Waals surface area (Å²) >= 11 is 0. The van der Waals surface area contributed by atoms with Crippen LogP contribution in [0.3, 0.4) is 0 Å². The van der Waals surface area contributed by atoms with E-state index in [4.69, 9.17) is 4.74 Å². The summed E-state index contributed by atoms with van der Waals surface area (Å²) in [6.07, 6.45) is 0.666. The van der Waals surface area contributed by atoms with Crippen molar-refractivity contribution in [2.75, 3.05) is 6.61 Å². The molecule has 0 aliphatic carbocycles. The average molecular weight is 312 g/mol. The SMILES string of the molecule is CC.CCOC(=O)C(CC)(c1ccccc1)c1ccc(C)cc1. The van der Waals surface area contributed by atoms with Gasteiger partial charge in [-0.2, -0.15) is 0 Å². The highest BCUT2D eigenvalue weighted by molar-refractivity contribution is 5.87. The van der Waals surface area contributed by atoms with Gasteiger partial charge in [0.15, 0.2) is 0 Å². The Balaban J connectivity index is 0.00000127. The molecular formula is C21H28O2. The second kappa shape index (κ2) is 9.14. The van der Waals surface area contributed by atoms with Crippen LogP contribution in [-0.4, -0.2) is 12.6 Å². The van der Waals surface area contributed by atoms with Crippen molar-refractivity contribution in [1.29, 1.82) is 0 Å². The van der Waals surface area contributed by atoms with Crippen LogP contribution in [0.1, 0.15) is 50.8 Å². The Morgan fingerprint density at radius 3 is 1.91 bits per heavy atom. The quantitative estimate of drug-likeness (QED) is 0.702. The molecule has 0 aliphatic rings. The number of carbonyl (C=O) groups is 1. The Labute approximate surface area is 140 Å². The van der Waals surface area contributed by atoms with Crippen molar-refractivity contribution in [1.82, 2.24) is 0 Å². The standard InChI is InChI=1S/C19H22O2.C2H6/c1-4-19(18(20)21-5-2,16-9-7-6-8-10-16)17-13-11-15(3)12-14-17;1-2/h6-14H,4-5H2,1-3H3;1-2H3. The minimum Gasteiger partial charge on any atom is -0.465 e. The van der Waals surface area contributed by atoms with E-state index < -0.39 is 5.41 Å². The van der Waals surface area contributed by atoms with Gasteiger partial charge in [-0.15, -0.1) is 0 Å². The Morgan fingerprint density at radius 1 is 0.913 bits per heavy atom. The van der Waals surface area contributed by atoms with E-state index in [1.807, 2.05) is 89.2 Å². The predicted octanol–water partition coefficient (Wildman–Crippen LogP) is 5.28. The molecule has 2 heteroatoms. The third-order valence-corrected chi connectivity index (χ3v) is 3.97. The summed E-state index contributed by atoms with van der Waals surface area (Å²) in [6.45, 7) is 10.3. The molecule has 0 heterocycles. The second-order valence-corrected chi connectivity index (χ2v) is 5.21. The number of hydrogen-bond acceptors (Lipinski definition) is 2. The number of rotatable bonds is 5. The molecule has 23 heavy (non-hydrogen) atoms. The summed E-state index contributed by atoms with van der Waals surface area (Å²) in [7, 11) is 0. The normalized spacial score (nSPS) is 12.6. The molecular weight excluding hydrogens is 284 g/mol. The highest BCUT2D eigenvalue weighted by Gasteiger charge is 2.41. The van der Waals surface area contributed by atoms with Crippen LogP contribution in [0, 0.1) is 6.92 Å². The molecule has 0 bridgehead atoms. The van der Waals surface area contributed by atoms with E-state index in [2.05, 4.69) is 0 Å². The largest absolute Gasteiger partial charge is 0.465 e. The molecule has 0 saturated carbocycles. The molecule has 1 atom stereocenters. The van der Waals surface area contributed by atoms with Gasteiger partial charge in [0, 0.05) is 0 Å². The summed E-state index contributed by atoms with van der Waals surface area (Å²) in [5.41, 5.74) is 2.42. The molecule has 0 aliphatic heterocycles. The van der Waals surface area contributed by atoms with Gasteiger partial charge in [-0.05, 0) is 31.4 Å².